The Hall–Kier alpha value is -5.81. The summed E-state index contributed by atoms with van der Waals surface area (Å²) in [6.07, 6.45) is 4.27. The van der Waals surface area contributed by atoms with E-state index < -0.39 is 30.4 Å². The SMILES string of the molecule is CCc1cnn([C@H]2C[C@@H](n3cnc4c(NCC(c5ccccc5)c5ccccc5)nc(NCCc5cn(CC)cn5)nc43)[C@H](O)[C@@H]2O)c1.O=C(O)C(F)(F)F. The van der Waals surface area contributed by atoms with Crippen LogP contribution in [-0.4, -0.2) is 91.6 Å². The van der Waals surface area contributed by atoms with E-state index in [-0.39, 0.29) is 12.0 Å². The number of aliphatic hydroxyl groups excluding tert-OH is 2. The third-order valence-electron chi connectivity index (χ3n) is 9.64. The van der Waals surface area contributed by atoms with Gasteiger partial charge in [-0.05, 0) is 36.5 Å². The molecule has 4 atom stereocenters. The standard InChI is InChI=1S/C36H42N10O2.C2HF3O2/c1-3-24-18-41-46(20-24)30-17-29(32(47)33(30)48)45-23-40-31-34(38-19-28(25-11-7-5-8-12-25)26-13-9-6-10-14-26)42-36(43-35(31)45)37-16-15-27-21-44(4-2)22-39-27;3-2(4,5)1(6)7/h5-14,18,20-23,28-30,32-33,47-48H,3-4,15-17,19H2,1-2H3,(H2,37,38,42,43);(H,6,7)/t29-,30+,32+,33-;/m1./s1. The highest BCUT2D eigenvalue weighted by atomic mass is 19.4. The molecular formula is C38H43F3N10O4. The van der Waals surface area contributed by atoms with E-state index in [0.717, 1.165) is 24.2 Å². The van der Waals surface area contributed by atoms with Gasteiger partial charge in [0, 0.05) is 44.4 Å². The van der Waals surface area contributed by atoms with Crippen LogP contribution in [0.4, 0.5) is 24.9 Å². The number of aliphatic carboxylic acids is 1. The van der Waals surface area contributed by atoms with E-state index in [2.05, 4.69) is 87.7 Å². The van der Waals surface area contributed by atoms with Crippen molar-refractivity contribution in [3.63, 3.8) is 0 Å². The molecule has 1 saturated carbocycles. The number of halogens is 3. The lowest BCUT2D eigenvalue weighted by molar-refractivity contribution is -0.192. The first kappa shape index (κ1) is 38.9. The fraction of sp³-hybridized carbons (Fsp3) is 0.368. The number of carbonyl (C=O) groups is 1. The fourth-order valence-corrected chi connectivity index (χ4v) is 6.64. The molecule has 2 aromatic carbocycles. The van der Waals surface area contributed by atoms with Crippen molar-refractivity contribution in [2.45, 2.75) is 76.0 Å². The second-order valence-corrected chi connectivity index (χ2v) is 13.2. The Morgan fingerprint density at radius 2 is 1.56 bits per heavy atom. The van der Waals surface area contributed by atoms with Gasteiger partial charge in [0.05, 0.1) is 36.6 Å². The van der Waals surface area contributed by atoms with Crippen LogP contribution >= 0.6 is 0 Å². The largest absolute Gasteiger partial charge is 0.490 e. The van der Waals surface area contributed by atoms with E-state index in [0.29, 0.717) is 48.9 Å². The van der Waals surface area contributed by atoms with Crippen LogP contribution in [0.1, 0.15) is 60.7 Å². The molecule has 14 nitrogen and oxygen atoms in total. The first-order chi connectivity index (χ1) is 26.5. The second kappa shape index (κ2) is 17.1. The zero-order valence-corrected chi connectivity index (χ0v) is 30.3. The summed E-state index contributed by atoms with van der Waals surface area (Å²) in [6.45, 7) is 6.19. The first-order valence-corrected chi connectivity index (χ1v) is 18.0. The number of benzene rings is 2. The predicted molar refractivity (Wildman–Crippen MR) is 199 cm³/mol. The lowest BCUT2D eigenvalue weighted by Crippen LogP contribution is -2.30. The molecule has 0 saturated heterocycles. The van der Waals surface area contributed by atoms with Crippen LogP contribution in [0.5, 0.6) is 0 Å². The molecule has 0 spiro atoms. The third kappa shape index (κ3) is 9.12. The Balaban J connectivity index is 0.000000672. The van der Waals surface area contributed by atoms with Gasteiger partial charge in [-0.25, -0.2) is 14.8 Å². The molecule has 17 heteroatoms. The van der Waals surface area contributed by atoms with Crippen molar-refractivity contribution in [1.29, 1.82) is 0 Å². The lowest BCUT2D eigenvalue weighted by Gasteiger charge is -2.20. The van der Waals surface area contributed by atoms with E-state index in [1.54, 1.807) is 11.0 Å². The van der Waals surface area contributed by atoms with Crippen molar-refractivity contribution < 1.29 is 33.3 Å². The molecule has 7 rings (SSSR count). The summed E-state index contributed by atoms with van der Waals surface area (Å²) in [4.78, 5) is 28.0. The molecule has 4 heterocycles. The predicted octanol–water partition coefficient (Wildman–Crippen LogP) is 5.24. The van der Waals surface area contributed by atoms with Gasteiger partial charge in [-0.3, -0.25) is 4.68 Å². The number of aromatic nitrogens is 8. The molecule has 0 unspecified atom stereocenters. The quantitative estimate of drug-likeness (QED) is 0.104. The summed E-state index contributed by atoms with van der Waals surface area (Å²) < 4.78 is 37.4. The summed E-state index contributed by atoms with van der Waals surface area (Å²) in [5.41, 5.74) is 5.62. The molecule has 0 bridgehead atoms. The maximum atomic E-state index is 11.3. The molecule has 55 heavy (non-hydrogen) atoms. The number of nitrogens with zero attached hydrogens (tertiary/aromatic N) is 8. The number of fused-ring (bicyclic) bond motifs is 1. The van der Waals surface area contributed by atoms with Crippen molar-refractivity contribution in [2.24, 2.45) is 0 Å². The van der Waals surface area contributed by atoms with E-state index >= 15 is 0 Å². The van der Waals surface area contributed by atoms with Crippen LogP contribution in [0.15, 0.2) is 91.9 Å². The van der Waals surface area contributed by atoms with Gasteiger partial charge in [-0.1, -0.05) is 67.6 Å². The smallest absolute Gasteiger partial charge is 0.475 e. The number of carboxylic acids is 1. The Morgan fingerprint density at radius 3 is 2.15 bits per heavy atom. The number of anilines is 2. The van der Waals surface area contributed by atoms with E-state index in [1.807, 2.05) is 41.6 Å². The van der Waals surface area contributed by atoms with E-state index in [1.165, 1.54) is 11.1 Å². The van der Waals surface area contributed by atoms with E-state index in [9.17, 15) is 23.4 Å². The highest BCUT2D eigenvalue weighted by molar-refractivity contribution is 5.84. The summed E-state index contributed by atoms with van der Waals surface area (Å²) in [7, 11) is 0. The molecule has 1 aliphatic rings. The number of hydrogen-bond acceptors (Lipinski definition) is 10. The average molecular weight is 761 g/mol. The summed E-state index contributed by atoms with van der Waals surface area (Å²) in [5, 5.41) is 41.1. The van der Waals surface area contributed by atoms with Crippen molar-refractivity contribution >= 4 is 28.9 Å². The minimum Gasteiger partial charge on any atom is -0.475 e. The molecule has 0 amide bonds. The zero-order valence-electron chi connectivity index (χ0n) is 30.3. The lowest BCUT2D eigenvalue weighted by atomic mass is 9.91. The van der Waals surface area contributed by atoms with Crippen LogP contribution < -0.4 is 10.6 Å². The monoisotopic (exact) mass is 760 g/mol. The fourth-order valence-electron chi connectivity index (χ4n) is 6.64. The van der Waals surface area contributed by atoms with Gasteiger partial charge < -0.3 is 35.1 Å². The Kier molecular flexibility index (Phi) is 12.1. The van der Waals surface area contributed by atoms with Gasteiger partial charge in [0.2, 0.25) is 5.95 Å². The number of imidazole rings is 2. The second-order valence-electron chi connectivity index (χ2n) is 13.2. The molecule has 4 aromatic heterocycles. The van der Waals surface area contributed by atoms with Gasteiger partial charge in [-0.15, -0.1) is 0 Å². The van der Waals surface area contributed by atoms with Gasteiger partial charge in [-0.2, -0.15) is 28.2 Å². The van der Waals surface area contributed by atoms with Gasteiger partial charge in [0.1, 0.15) is 12.2 Å². The minimum atomic E-state index is -5.08. The molecule has 0 radical (unpaired) electrons. The number of alkyl halides is 3. The number of carboxylic acid groups (broad SMARTS) is 1. The Bertz CT molecular complexity index is 2120. The van der Waals surface area contributed by atoms with Crippen LogP contribution in [-0.2, 0) is 24.2 Å². The highest BCUT2D eigenvalue weighted by Gasteiger charge is 2.44. The average Bonchev–Trinajstić information content (AvgIpc) is 4.00. The molecule has 6 aromatic rings. The van der Waals surface area contributed by atoms with Crippen LogP contribution in [0.3, 0.4) is 0 Å². The number of aryl methyl sites for hydroxylation is 2. The maximum Gasteiger partial charge on any atom is 0.490 e. The van der Waals surface area contributed by atoms with Gasteiger partial charge >= 0.3 is 12.1 Å². The van der Waals surface area contributed by atoms with Crippen molar-refractivity contribution in [2.75, 3.05) is 23.7 Å². The van der Waals surface area contributed by atoms with Crippen LogP contribution in [0.2, 0.25) is 0 Å². The zero-order chi connectivity index (χ0) is 39.1. The van der Waals surface area contributed by atoms with Crippen LogP contribution in [0.25, 0.3) is 11.2 Å². The number of nitrogens with one attached hydrogen (secondary N) is 2. The molecule has 1 aliphatic carbocycles. The number of hydrogen-bond donors (Lipinski definition) is 5. The van der Waals surface area contributed by atoms with Crippen molar-refractivity contribution in [1.82, 2.24) is 38.9 Å². The van der Waals surface area contributed by atoms with Crippen LogP contribution in [0, 0.1) is 0 Å². The summed E-state index contributed by atoms with van der Waals surface area (Å²) >= 11 is 0. The molecule has 1 fully saturated rings. The highest BCUT2D eigenvalue weighted by Crippen LogP contribution is 2.40. The maximum absolute atomic E-state index is 11.3. The molecular weight excluding hydrogens is 717 g/mol. The normalized spacial score (nSPS) is 18.3. The number of aliphatic hydroxyl groups is 2. The molecule has 5 N–H and O–H groups in total. The number of rotatable bonds is 13. The summed E-state index contributed by atoms with van der Waals surface area (Å²) in [6, 6.07) is 20.0. The minimum absolute atomic E-state index is 0.0687. The van der Waals surface area contributed by atoms with E-state index in [4.69, 9.17) is 24.9 Å². The van der Waals surface area contributed by atoms with Crippen molar-refractivity contribution in [3.8, 4) is 0 Å². The molecule has 290 valence electrons. The molecule has 0 aliphatic heterocycles. The first-order valence-electron chi connectivity index (χ1n) is 18.0. The third-order valence-corrected chi connectivity index (χ3v) is 9.64. The van der Waals surface area contributed by atoms with Crippen molar-refractivity contribution in [3.05, 3.63) is 114 Å². The topological polar surface area (TPSA) is 181 Å². The summed E-state index contributed by atoms with van der Waals surface area (Å²) in [5.74, 6) is -1.65. The van der Waals surface area contributed by atoms with Gasteiger partial charge in [0.25, 0.3) is 0 Å². The Labute approximate surface area is 314 Å². The van der Waals surface area contributed by atoms with Gasteiger partial charge in [0.15, 0.2) is 17.0 Å². The Morgan fingerprint density at radius 1 is 0.909 bits per heavy atom.